The number of carbonyl (C=O) groups is 3. The van der Waals surface area contributed by atoms with Gasteiger partial charge in [-0.05, 0) is 26.7 Å². The maximum absolute atomic E-state index is 12.8. The van der Waals surface area contributed by atoms with Crippen LogP contribution in [-0.4, -0.2) is 17.3 Å². The lowest BCUT2D eigenvalue weighted by molar-refractivity contribution is -0.125. The third kappa shape index (κ3) is 3.60. The van der Waals surface area contributed by atoms with E-state index in [-0.39, 0.29) is 17.3 Å². The van der Waals surface area contributed by atoms with E-state index >= 15 is 0 Å². The van der Waals surface area contributed by atoms with Crippen molar-refractivity contribution < 1.29 is 14.4 Å². The molecule has 0 saturated heterocycles. The Labute approximate surface area is 148 Å². The zero-order valence-electron chi connectivity index (χ0n) is 14.6. The standard InChI is InChI=1S/C22H22O3/c1-14-6-10-16(11-7-14)20(23)18-4-3-5-19(22(18)25)21(24)17-12-8-15(2)9-13-17/h6-13,18-19H,3-5H2,1-2H3/t18-,19-/m1/s1. The van der Waals surface area contributed by atoms with Gasteiger partial charge in [0.25, 0.3) is 0 Å². The molecule has 2 atom stereocenters. The number of carbonyl (C=O) groups excluding carboxylic acids is 3. The Kier molecular flexibility index (Phi) is 4.93. The highest BCUT2D eigenvalue weighted by Crippen LogP contribution is 2.31. The van der Waals surface area contributed by atoms with Crippen LogP contribution in [0.4, 0.5) is 0 Å². The minimum absolute atomic E-state index is 0.161. The van der Waals surface area contributed by atoms with Gasteiger partial charge in [-0.15, -0.1) is 0 Å². The van der Waals surface area contributed by atoms with Gasteiger partial charge in [0, 0.05) is 11.1 Å². The summed E-state index contributed by atoms with van der Waals surface area (Å²) in [6.07, 6.45) is 1.78. The lowest BCUT2D eigenvalue weighted by Gasteiger charge is -2.26. The fraction of sp³-hybridized carbons (Fsp3) is 0.318. The Balaban J connectivity index is 1.80. The number of ketones is 3. The first-order valence-electron chi connectivity index (χ1n) is 8.73. The molecule has 0 radical (unpaired) electrons. The van der Waals surface area contributed by atoms with Gasteiger partial charge in [0.05, 0.1) is 11.8 Å². The highest BCUT2D eigenvalue weighted by atomic mass is 16.2. The van der Waals surface area contributed by atoms with Crippen LogP contribution < -0.4 is 0 Å². The van der Waals surface area contributed by atoms with Gasteiger partial charge in [0.15, 0.2) is 17.3 Å². The second kappa shape index (κ2) is 7.14. The van der Waals surface area contributed by atoms with Gasteiger partial charge in [-0.1, -0.05) is 66.1 Å². The number of aryl methyl sites for hydroxylation is 2. The quantitative estimate of drug-likeness (QED) is 0.617. The van der Waals surface area contributed by atoms with E-state index in [1.54, 1.807) is 24.3 Å². The first-order chi connectivity index (χ1) is 12.0. The second-order valence-corrected chi connectivity index (χ2v) is 6.90. The van der Waals surface area contributed by atoms with E-state index in [4.69, 9.17) is 0 Å². The SMILES string of the molecule is Cc1ccc(C(=O)[C@H]2CCC[C@H](C(=O)c3ccc(C)cc3)C2=O)cc1. The molecule has 0 aliphatic heterocycles. The maximum Gasteiger partial charge on any atom is 0.173 e. The summed E-state index contributed by atoms with van der Waals surface area (Å²) in [6.45, 7) is 3.91. The van der Waals surface area contributed by atoms with Crippen molar-refractivity contribution in [2.45, 2.75) is 33.1 Å². The van der Waals surface area contributed by atoms with Crippen molar-refractivity contribution in [2.24, 2.45) is 11.8 Å². The van der Waals surface area contributed by atoms with Gasteiger partial charge in [-0.25, -0.2) is 0 Å². The van der Waals surface area contributed by atoms with Gasteiger partial charge in [0.1, 0.15) is 0 Å². The van der Waals surface area contributed by atoms with Crippen LogP contribution in [0.25, 0.3) is 0 Å². The molecule has 2 aromatic rings. The Morgan fingerprint density at radius 2 is 1.08 bits per heavy atom. The number of rotatable bonds is 4. The summed E-state index contributed by atoms with van der Waals surface area (Å²) in [6, 6.07) is 14.5. The number of benzene rings is 2. The fourth-order valence-electron chi connectivity index (χ4n) is 3.41. The van der Waals surface area contributed by atoms with E-state index in [1.807, 2.05) is 38.1 Å². The number of Topliss-reactive ketones (excluding diaryl/α,β-unsaturated/α-hetero) is 3. The molecule has 1 fully saturated rings. The Morgan fingerprint density at radius 3 is 1.44 bits per heavy atom. The molecule has 2 aromatic carbocycles. The molecule has 0 aromatic heterocycles. The zero-order chi connectivity index (χ0) is 18.0. The van der Waals surface area contributed by atoms with Gasteiger partial charge in [-0.2, -0.15) is 0 Å². The molecule has 0 spiro atoms. The molecule has 1 aliphatic rings. The average Bonchev–Trinajstić information content (AvgIpc) is 2.62. The normalized spacial score (nSPS) is 20.3. The molecule has 3 heteroatoms. The highest BCUT2D eigenvalue weighted by molar-refractivity contribution is 6.19. The van der Waals surface area contributed by atoms with Gasteiger partial charge < -0.3 is 0 Å². The largest absolute Gasteiger partial charge is 0.298 e. The van der Waals surface area contributed by atoms with Crippen LogP contribution in [0.2, 0.25) is 0 Å². The minimum atomic E-state index is -0.698. The molecule has 3 nitrogen and oxygen atoms in total. The summed E-state index contributed by atoms with van der Waals surface area (Å²) >= 11 is 0. The van der Waals surface area contributed by atoms with E-state index in [0.717, 1.165) is 17.5 Å². The fourth-order valence-corrected chi connectivity index (χ4v) is 3.41. The van der Waals surface area contributed by atoms with Crippen LogP contribution in [0.15, 0.2) is 48.5 Å². The van der Waals surface area contributed by atoms with Crippen molar-refractivity contribution in [1.29, 1.82) is 0 Å². The third-order valence-corrected chi connectivity index (χ3v) is 4.98. The molecule has 1 aliphatic carbocycles. The summed E-state index contributed by atoms with van der Waals surface area (Å²) in [7, 11) is 0. The van der Waals surface area contributed by atoms with E-state index < -0.39 is 11.8 Å². The Hall–Kier alpha value is -2.55. The maximum atomic E-state index is 12.8. The Morgan fingerprint density at radius 1 is 0.720 bits per heavy atom. The predicted molar refractivity (Wildman–Crippen MR) is 96.9 cm³/mol. The van der Waals surface area contributed by atoms with Gasteiger partial charge in [0.2, 0.25) is 0 Å². The van der Waals surface area contributed by atoms with Gasteiger partial charge >= 0.3 is 0 Å². The summed E-state index contributed by atoms with van der Waals surface area (Å²) < 4.78 is 0. The first kappa shape index (κ1) is 17.3. The van der Waals surface area contributed by atoms with Crippen molar-refractivity contribution in [3.63, 3.8) is 0 Å². The molecule has 1 saturated carbocycles. The predicted octanol–water partition coefficient (Wildman–Crippen LogP) is 4.35. The monoisotopic (exact) mass is 334 g/mol. The molecule has 0 bridgehead atoms. The first-order valence-corrected chi connectivity index (χ1v) is 8.73. The molecule has 3 rings (SSSR count). The topological polar surface area (TPSA) is 51.2 Å². The number of hydrogen-bond donors (Lipinski definition) is 0. The molecule has 128 valence electrons. The third-order valence-electron chi connectivity index (χ3n) is 4.98. The Bertz CT molecular complexity index is 733. The van der Waals surface area contributed by atoms with E-state index in [1.165, 1.54) is 0 Å². The van der Waals surface area contributed by atoms with Crippen molar-refractivity contribution in [3.8, 4) is 0 Å². The number of hydrogen-bond acceptors (Lipinski definition) is 3. The molecule has 0 amide bonds. The van der Waals surface area contributed by atoms with Crippen LogP contribution in [0.3, 0.4) is 0 Å². The van der Waals surface area contributed by atoms with Crippen molar-refractivity contribution in [2.75, 3.05) is 0 Å². The second-order valence-electron chi connectivity index (χ2n) is 6.90. The molecule has 0 heterocycles. The molecule has 25 heavy (non-hydrogen) atoms. The van der Waals surface area contributed by atoms with Crippen LogP contribution in [0.1, 0.15) is 51.1 Å². The van der Waals surface area contributed by atoms with Crippen LogP contribution in [-0.2, 0) is 4.79 Å². The summed E-state index contributed by atoms with van der Waals surface area (Å²) in [5.74, 6) is -1.94. The van der Waals surface area contributed by atoms with E-state index in [0.29, 0.717) is 24.0 Å². The van der Waals surface area contributed by atoms with Crippen LogP contribution in [0.5, 0.6) is 0 Å². The zero-order valence-corrected chi connectivity index (χ0v) is 14.6. The summed E-state index contributed by atoms with van der Waals surface area (Å²) in [5.41, 5.74) is 3.23. The summed E-state index contributed by atoms with van der Waals surface area (Å²) in [5, 5.41) is 0. The average molecular weight is 334 g/mol. The molecular formula is C22H22O3. The minimum Gasteiger partial charge on any atom is -0.298 e. The van der Waals surface area contributed by atoms with E-state index in [9.17, 15) is 14.4 Å². The molecule has 0 unspecified atom stereocenters. The van der Waals surface area contributed by atoms with Crippen molar-refractivity contribution in [3.05, 3.63) is 70.8 Å². The molecular weight excluding hydrogens is 312 g/mol. The van der Waals surface area contributed by atoms with Crippen LogP contribution in [0, 0.1) is 25.7 Å². The highest BCUT2D eigenvalue weighted by Gasteiger charge is 2.39. The summed E-state index contributed by atoms with van der Waals surface area (Å²) in [4.78, 5) is 38.3. The van der Waals surface area contributed by atoms with Crippen molar-refractivity contribution in [1.82, 2.24) is 0 Å². The molecule has 0 N–H and O–H groups in total. The van der Waals surface area contributed by atoms with Gasteiger partial charge in [-0.3, -0.25) is 14.4 Å². The van der Waals surface area contributed by atoms with Crippen LogP contribution >= 0.6 is 0 Å². The van der Waals surface area contributed by atoms with Crippen molar-refractivity contribution >= 4 is 17.3 Å². The van der Waals surface area contributed by atoms with E-state index in [2.05, 4.69) is 0 Å². The lowest BCUT2D eigenvalue weighted by Crippen LogP contribution is -2.37. The lowest BCUT2D eigenvalue weighted by atomic mass is 9.74. The smallest absolute Gasteiger partial charge is 0.173 e.